The zero-order valence-corrected chi connectivity index (χ0v) is 19.7. The lowest BCUT2D eigenvalue weighted by atomic mass is 10.1. The minimum atomic E-state index is 0. The average molecular weight is 508 g/mol. The molecule has 0 radical (unpaired) electrons. The molecule has 2 heterocycles. The van der Waals surface area contributed by atoms with Crippen LogP contribution in [0.5, 0.6) is 0 Å². The van der Waals surface area contributed by atoms with Gasteiger partial charge in [0.1, 0.15) is 12.1 Å². The van der Waals surface area contributed by atoms with Crippen molar-refractivity contribution in [3.8, 4) is 0 Å². The minimum absolute atomic E-state index is 0. The minimum Gasteiger partial charge on any atom is -0.367 e. The topological polar surface area (TPSA) is 83.3 Å². The molecule has 0 aliphatic carbocycles. The first kappa shape index (κ1) is 22.9. The van der Waals surface area contributed by atoms with Gasteiger partial charge in [0.15, 0.2) is 11.6 Å². The predicted molar refractivity (Wildman–Crippen MR) is 129 cm³/mol. The first-order valence-electron chi connectivity index (χ1n) is 9.50. The van der Waals surface area contributed by atoms with E-state index in [1.807, 2.05) is 7.05 Å². The number of nitrogens with one attached hydrogen (secondary N) is 2. The van der Waals surface area contributed by atoms with Crippen LogP contribution in [0.1, 0.15) is 18.1 Å². The molecule has 0 fully saturated rings. The van der Waals surface area contributed by atoms with Gasteiger partial charge in [0.2, 0.25) is 0 Å². The summed E-state index contributed by atoms with van der Waals surface area (Å²) >= 11 is 0. The van der Waals surface area contributed by atoms with Crippen LogP contribution in [-0.4, -0.2) is 57.3 Å². The highest BCUT2D eigenvalue weighted by molar-refractivity contribution is 14.0. The molecule has 8 nitrogen and oxygen atoms in total. The molecule has 2 N–H and O–H groups in total. The Morgan fingerprint density at radius 3 is 2.79 bits per heavy atom. The van der Waals surface area contributed by atoms with Crippen molar-refractivity contribution in [1.82, 2.24) is 30.0 Å². The number of benzene rings is 1. The Bertz CT molecular complexity index is 953. The van der Waals surface area contributed by atoms with Crippen LogP contribution in [-0.2, 0) is 13.6 Å². The second-order valence-corrected chi connectivity index (χ2v) is 6.67. The highest BCUT2D eigenvalue weighted by Gasteiger charge is 2.09. The van der Waals surface area contributed by atoms with Crippen molar-refractivity contribution in [2.24, 2.45) is 12.0 Å². The predicted octanol–water partition coefficient (Wildman–Crippen LogP) is 2.80. The maximum atomic E-state index is 4.74. The monoisotopic (exact) mass is 508 g/mol. The third-order valence-electron chi connectivity index (χ3n) is 4.56. The first-order chi connectivity index (χ1) is 13.6. The van der Waals surface area contributed by atoms with E-state index in [-0.39, 0.29) is 24.0 Å². The van der Waals surface area contributed by atoms with E-state index in [0.717, 1.165) is 35.9 Å². The van der Waals surface area contributed by atoms with Gasteiger partial charge in [0.05, 0.1) is 18.1 Å². The number of hydrogen-bond donors (Lipinski definition) is 2. The number of aromatic nitrogens is 4. The summed E-state index contributed by atoms with van der Waals surface area (Å²) in [6, 6.07) is 8.43. The Kier molecular flexibility index (Phi) is 8.62. The third-order valence-corrected chi connectivity index (χ3v) is 4.56. The molecule has 2 aromatic heterocycles. The summed E-state index contributed by atoms with van der Waals surface area (Å²) in [6.45, 7) is 7.16. The quantitative estimate of drug-likeness (QED) is 0.221. The average Bonchev–Trinajstić information content (AvgIpc) is 3.08. The van der Waals surface area contributed by atoms with Crippen LogP contribution >= 0.6 is 24.0 Å². The van der Waals surface area contributed by atoms with Gasteiger partial charge >= 0.3 is 0 Å². The summed E-state index contributed by atoms with van der Waals surface area (Å²) in [5, 5.41) is 11.9. The van der Waals surface area contributed by atoms with Crippen molar-refractivity contribution in [3.63, 3.8) is 0 Å². The van der Waals surface area contributed by atoms with E-state index >= 15 is 0 Å². The van der Waals surface area contributed by atoms with Crippen LogP contribution in [0.25, 0.3) is 11.0 Å². The second-order valence-electron chi connectivity index (χ2n) is 6.67. The summed E-state index contributed by atoms with van der Waals surface area (Å²) in [7, 11) is 3.93. The number of halogens is 1. The Morgan fingerprint density at radius 1 is 1.24 bits per heavy atom. The van der Waals surface area contributed by atoms with Gasteiger partial charge in [-0.05, 0) is 25.0 Å². The zero-order valence-electron chi connectivity index (χ0n) is 17.4. The van der Waals surface area contributed by atoms with Crippen molar-refractivity contribution in [1.29, 1.82) is 0 Å². The van der Waals surface area contributed by atoms with E-state index in [2.05, 4.69) is 75.8 Å². The number of nitrogens with zero attached hydrogens (tertiary/aromatic N) is 6. The Hall–Kier alpha value is -2.43. The summed E-state index contributed by atoms with van der Waals surface area (Å²) in [6.07, 6.45) is 3.33. The fourth-order valence-electron chi connectivity index (χ4n) is 3.03. The van der Waals surface area contributed by atoms with E-state index in [1.54, 1.807) is 17.2 Å². The zero-order chi connectivity index (χ0) is 19.9. The van der Waals surface area contributed by atoms with Crippen molar-refractivity contribution in [3.05, 3.63) is 47.9 Å². The van der Waals surface area contributed by atoms with Crippen molar-refractivity contribution in [2.75, 3.05) is 32.0 Å². The van der Waals surface area contributed by atoms with Crippen molar-refractivity contribution in [2.45, 2.75) is 20.4 Å². The van der Waals surface area contributed by atoms with Gasteiger partial charge in [0.25, 0.3) is 0 Å². The maximum Gasteiger partial charge on any atom is 0.194 e. The largest absolute Gasteiger partial charge is 0.367 e. The first-order valence-corrected chi connectivity index (χ1v) is 9.50. The van der Waals surface area contributed by atoms with Gasteiger partial charge in [-0.1, -0.05) is 24.3 Å². The maximum absolute atomic E-state index is 4.74. The highest BCUT2D eigenvalue weighted by Crippen LogP contribution is 2.17. The molecule has 3 aromatic rings. The number of aryl methyl sites for hydroxylation is 2. The molecule has 0 aliphatic rings. The lowest BCUT2D eigenvalue weighted by molar-refractivity contribution is 0.476. The normalized spacial score (nSPS) is 11.2. The molecule has 0 spiro atoms. The molecule has 1 aromatic carbocycles. The van der Waals surface area contributed by atoms with E-state index in [1.165, 1.54) is 11.1 Å². The van der Waals surface area contributed by atoms with Gasteiger partial charge in [-0.25, -0.2) is 9.97 Å². The standard InChI is InChI=1S/C20H28N8.HI/c1-5-21-20(27(3)13-16-9-7-6-8-15(16)2)23-11-10-22-18-17-12-26-28(4)19(17)25-14-24-18;/h6-9,12,14H,5,10-11,13H2,1-4H3,(H,21,23)(H,22,24,25);1H. The highest BCUT2D eigenvalue weighted by atomic mass is 127. The van der Waals surface area contributed by atoms with Crippen LogP contribution in [0.4, 0.5) is 5.82 Å². The van der Waals surface area contributed by atoms with Gasteiger partial charge in [-0.15, -0.1) is 24.0 Å². The Labute approximate surface area is 188 Å². The molecule has 3 rings (SSSR count). The summed E-state index contributed by atoms with van der Waals surface area (Å²) in [5.41, 5.74) is 3.40. The van der Waals surface area contributed by atoms with Crippen LogP contribution in [0.3, 0.4) is 0 Å². The van der Waals surface area contributed by atoms with Crippen LogP contribution in [0, 0.1) is 6.92 Å². The number of rotatable bonds is 7. The molecule has 9 heteroatoms. The number of anilines is 1. The lowest BCUT2D eigenvalue weighted by Crippen LogP contribution is -2.39. The van der Waals surface area contributed by atoms with Crippen LogP contribution < -0.4 is 10.6 Å². The smallest absolute Gasteiger partial charge is 0.194 e. The van der Waals surface area contributed by atoms with Crippen molar-refractivity contribution >= 4 is 46.8 Å². The van der Waals surface area contributed by atoms with Crippen molar-refractivity contribution < 1.29 is 0 Å². The fraction of sp³-hybridized carbons (Fsp3) is 0.400. The molecule has 0 aliphatic heterocycles. The number of aliphatic imine (C=N–C) groups is 1. The molecule has 0 amide bonds. The van der Waals surface area contributed by atoms with E-state index in [4.69, 9.17) is 4.99 Å². The summed E-state index contributed by atoms with van der Waals surface area (Å²) in [5.74, 6) is 1.67. The van der Waals surface area contributed by atoms with E-state index < -0.39 is 0 Å². The van der Waals surface area contributed by atoms with Gasteiger partial charge in [0, 0.05) is 33.7 Å². The molecule has 156 valence electrons. The summed E-state index contributed by atoms with van der Waals surface area (Å²) < 4.78 is 1.74. The molecular weight excluding hydrogens is 479 g/mol. The van der Waals surface area contributed by atoms with Gasteiger partial charge in [-0.2, -0.15) is 5.10 Å². The third kappa shape index (κ3) is 5.78. The van der Waals surface area contributed by atoms with E-state index in [0.29, 0.717) is 13.1 Å². The summed E-state index contributed by atoms with van der Waals surface area (Å²) in [4.78, 5) is 15.5. The van der Waals surface area contributed by atoms with Crippen LogP contribution in [0.15, 0.2) is 41.8 Å². The molecule has 0 unspecified atom stereocenters. The molecule has 0 atom stereocenters. The van der Waals surface area contributed by atoms with E-state index in [9.17, 15) is 0 Å². The fourth-order valence-corrected chi connectivity index (χ4v) is 3.03. The lowest BCUT2D eigenvalue weighted by Gasteiger charge is -2.23. The van der Waals surface area contributed by atoms with Crippen LogP contribution in [0.2, 0.25) is 0 Å². The Balaban J connectivity index is 0.00000300. The van der Waals surface area contributed by atoms with Gasteiger partial charge in [-0.3, -0.25) is 9.67 Å². The number of hydrogen-bond acceptors (Lipinski definition) is 5. The molecular formula is C20H29IN8. The number of guanidine groups is 1. The SMILES string of the molecule is CCNC(=NCCNc1ncnc2c1cnn2C)N(C)Cc1ccccc1C.I. The molecule has 29 heavy (non-hydrogen) atoms. The molecule has 0 saturated heterocycles. The second kappa shape index (κ2) is 10.9. The number of fused-ring (bicyclic) bond motifs is 1. The Morgan fingerprint density at radius 2 is 2.03 bits per heavy atom. The molecule has 0 bridgehead atoms. The molecule has 0 saturated carbocycles. The van der Waals surface area contributed by atoms with Gasteiger partial charge < -0.3 is 15.5 Å².